The summed E-state index contributed by atoms with van der Waals surface area (Å²) in [5.41, 5.74) is 4.44. The first-order valence-corrected chi connectivity index (χ1v) is 4.90. The minimum atomic E-state index is -4.47. The fraction of sp³-hybridized carbons (Fsp3) is 0.250. The van der Waals surface area contributed by atoms with Crippen LogP contribution in [0.4, 0.5) is 18.9 Å². The molecule has 1 rings (SSSR count). The van der Waals surface area contributed by atoms with Crippen LogP contribution in [-0.2, 0) is 12.1 Å². The molecule has 0 radical (unpaired) electrons. The van der Waals surface area contributed by atoms with Gasteiger partial charge in [0.15, 0.2) is 0 Å². The van der Waals surface area contributed by atoms with Gasteiger partial charge in [0.2, 0.25) is 0 Å². The van der Waals surface area contributed by atoms with E-state index in [1.165, 1.54) is 12.1 Å². The fourth-order valence-corrected chi connectivity index (χ4v) is 1.84. The van der Waals surface area contributed by atoms with Gasteiger partial charge in [-0.3, -0.25) is 0 Å². The van der Waals surface area contributed by atoms with E-state index in [0.29, 0.717) is 0 Å². The van der Waals surface area contributed by atoms with Crippen molar-refractivity contribution in [2.24, 2.45) is 0 Å². The number of hydrogen-bond donors (Lipinski definition) is 1. The third-order valence-electron chi connectivity index (χ3n) is 1.71. The minimum Gasteiger partial charge on any atom is -0.398 e. The summed E-state index contributed by atoms with van der Waals surface area (Å²) in [6, 6.07) is 2.75. The molecule has 0 amide bonds. The number of alkyl halides is 4. The highest BCUT2D eigenvalue weighted by Crippen LogP contribution is 2.40. The van der Waals surface area contributed by atoms with Crippen molar-refractivity contribution >= 4 is 33.2 Å². The summed E-state index contributed by atoms with van der Waals surface area (Å²) < 4.78 is 37.3. The molecule has 78 valence electrons. The van der Waals surface area contributed by atoms with Crippen molar-refractivity contribution in [1.82, 2.24) is 0 Å². The van der Waals surface area contributed by atoms with Gasteiger partial charge in [0.05, 0.1) is 5.56 Å². The summed E-state index contributed by atoms with van der Waals surface area (Å²) in [6.07, 6.45) is -4.47. The normalized spacial score (nSPS) is 11.8. The maximum absolute atomic E-state index is 12.5. The highest BCUT2D eigenvalue weighted by Gasteiger charge is 2.36. The molecule has 0 bridgehead atoms. The van der Waals surface area contributed by atoms with Crippen LogP contribution in [0.15, 0.2) is 16.6 Å². The Morgan fingerprint density at radius 1 is 1.36 bits per heavy atom. The van der Waals surface area contributed by atoms with Gasteiger partial charge in [0.25, 0.3) is 0 Å². The molecule has 6 heteroatoms. The first-order valence-electron chi connectivity index (χ1n) is 3.58. The molecular weight excluding hydrogens is 282 g/mol. The minimum absolute atomic E-state index is 0.0395. The SMILES string of the molecule is Nc1c(CCl)ccc(Br)c1C(F)(F)F. The third kappa shape index (κ3) is 2.15. The lowest BCUT2D eigenvalue weighted by Crippen LogP contribution is -2.11. The lowest BCUT2D eigenvalue weighted by atomic mass is 10.1. The molecule has 2 N–H and O–H groups in total. The lowest BCUT2D eigenvalue weighted by molar-refractivity contribution is -0.137. The molecule has 0 atom stereocenters. The Morgan fingerprint density at radius 2 is 1.93 bits per heavy atom. The Hall–Kier alpha value is -0.420. The monoisotopic (exact) mass is 287 g/mol. The van der Waals surface area contributed by atoms with E-state index in [4.69, 9.17) is 17.3 Å². The van der Waals surface area contributed by atoms with Gasteiger partial charge in [-0.15, -0.1) is 11.6 Å². The smallest absolute Gasteiger partial charge is 0.398 e. The second-order valence-corrected chi connectivity index (χ2v) is 3.75. The van der Waals surface area contributed by atoms with Crippen LogP contribution < -0.4 is 5.73 Å². The van der Waals surface area contributed by atoms with Crippen LogP contribution in [0.1, 0.15) is 11.1 Å². The van der Waals surface area contributed by atoms with Gasteiger partial charge in [0, 0.05) is 16.0 Å². The molecule has 1 aromatic rings. The Labute approximate surface area is 92.2 Å². The van der Waals surface area contributed by atoms with Crippen LogP contribution in [0.2, 0.25) is 0 Å². The first-order chi connectivity index (χ1) is 6.38. The Morgan fingerprint density at radius 3 is 2.36 bits per heavy atom. The molecule has 14 heavy (non-hydrogen) atoms. The zero-order valence-corrected chi connectivity index (χ0v) is 9.17. The molecule has 0 unspecified atom stereocenters. The van der Waals surface area contributed by atoms with Gasteiger partial charge in [-0.2, -0.15) is 13.2 Å². The van der Waals surface area contributed by atoms with Gasteiger partial charge in [0.1, 0.15) is 0 Å². The Balaban J connectivity index is 3.40. The highest BCUT2D eigenvalue weighted by molar-refractivity contribution is 9.10. The first kappa shape index (κ1) is 11.7. The quantitative estimate of drug-likeness (QED) is 0.617. The Kier molecular flexibility index (Phi) is 3.32. The average molecular weight is 288 g/mol. The van der Waals surface area contributed by atoms with E-state index in [9.17, 15) is 13.2 Å². The molecule has 0 spiro atoms. The number of nitrogen functional groups attached to an aromatic ring is 1. The summed E-state index contributed by atoms with van der Waals surface area (Å²) in [6.45, 7) is 0. The summed E-state index contributed by atoms with van der Waals surface area (Å²) in [5.74, 6) is -0.0395. The van der Waals surface area contributed by atoms with Gasteiger partial charge in [-0.25, -0.2) is 0 Å². The van der Waals surface area contributed by atoms with E-state index in [0.717, 1.165) is 0 Å². The number of nitrogens with two attached hydrogens (primary N) is 1. The Bertz CT molecular complexity index is 351. The van der Waals surface area contributed by atoms with Crippen molar-refractivity contribution in [3.05, 3.63) is 27.7 Å². The van der Waals surface area contributed by atoms with Crippen LogP contribution >= 0.6 is 27.5 Å². The molecule has 0 saturated heterocycles. The van der Waals surface area contributed by atoms with E-state index < -0.39 is 11.7 Å². The van der Waals surface area contributed by atoms with Crippen LogP contribution in [0.3, 0.4) is 0 Å². The predicted octanol–water partition coefficient (Wildman–Crippen LogP) is 3.79. The summed E-state index contributed by atoms with van der Waals surface area (Å²) in [4.78, 5) is 0. The van der Waals surface area contributed by atoms with E-state index in [-0.39, 0.29) is 21.6 Å². The summed E-state index contributed by atoms with van der Waals surface area (Å²) >= 11 is 8.25. The third-order valence-corrected chi connectivity index (χ3v) is 2.66. The van der Waals surface area contributed by atoms with Crippen molar-refractivity contribution in [2.45, 2.75) is 12.1 Å². The summed E-state index contributed by atoms with van der Waals surface area (Å²) in [5, 5.41) is 0. The molecule has 0 aliphatic rings. The maximum Gasteiger partial charge on any atom is 0.419 e. The van der Waals surface area contributed by atoms with Crippen LogP contribution in [-0.4, -0.2) is 0 Å². The second kappa shape index (κ2) is 3.98. The highest BCUT2D eigenvalue weighted by atomic mass is 79.9. The molecule has 0 saturated carbocycles. The molecule has 0 fully saturated rings. The fourth-order valence-electron chi connectivity index (χ4n) is 1.04. The lowest BCUT2D eigenvalue weighted by Gasteiger charge is -2.14. The standard InChI is InChI=1S/C8H6BrClF3N/c9-5-2-1-4(3-10)7(14)6(5)8(11,12)13/h1-2H,3,14H2. The van der Waals surface area contributed by atoms with Crippen molar-refractivity contribution in [2.75, 3.05) is 5.73 Å². The molecule has 0 aliphatic carbocycles. The van der Waals surface area contributed by atoms with E-state index in [1.54, 1.807) is 0 Å². The van der Waals surface area contributed by atoms with E-state index in [2.05, 4.69) is 15.9 Å². The van der Waals surface area contributed by atoms with Crippen LogP contribution in [0.5, 0.6) is 0 Å². The van der Waals surface area contributed by atoms with Crippen LogP contribution in [0, 0.1) is 0 Å². The molecule has 0 aliphatic heterocycles. The van der Waals surface area contributed by atoms with Gasteiger partial charge < -0.3 is 5.73 Å². The largest absolute Gasteiger partial charge is 0.419 e. The maximum atomic E-state index is 12.5. The van der Waals surface area contributed by atoms with Crippen molar-refractivity contribution in [3.8, 4) is 0 Å². The molecule has 1 aromatic carbocycles. The molecule has 0 heterocycles. The molecule has 0 aromatic heterocycles. The number of benzene rings is 1. The number of halogens is 5. The molecule has 1 nitrogen and oxygen atoms in total. The van der Waals surface area contributed by atoms with Gasteiger partial charge in [-0.05, 0) is 11.6 Å². The van der Waals surface area contributed by atoms with Gasteiger partial charge in [-0.1, -0.05) is 22.0 Å². The molecular formula is C8H6BrClF3N. The zero-order valence-electron chi connectivity index (χ0n) is 6.83. The topological polar surface area (TPSA) is 26.0 Å². The van der Waals surface area contributed by atoms with E-state index >= 15 is 0 Å². The predicted molar refractivity (Wildman–Crippen MR) is 53.1 cm³/mol. The van der Waals surface area contributed by atoms with Crippen molar-refractivity contribution in [3.63, 3.8) is 0 Å². The second-order valence-electron chi connectivity index (χ2n) is 2.63. The number of anilines is 1. The van der Waals surface area contributed by atoms with Crippen molar-refractivity contribution < 1.29 is 13.2 Å². The zero-order chi connectivity index (χ0) is 10.9. The summed E-state index contributed by atoms with van der Waals surface area (Å²) in [7, 11) is 0. The number of hydrogen-bond acceptors (Lipinski definition) is 1. The van der Waals surface area contributed by atoms with Crippen LogP contribution in [0.25, 0.3) is 0 Å². The van der Waals surface area contributed by atoms with E-state index in [1.807, 2.05) is 0 Å². The van der Waals surface area contributed by atoms with Crippen molar-refractivity contribution in [1.29, 1.82) is 0 Å². The average Bonchev–Trinajstić information content (AvgIpc) is 2.02. The van der Waals surface area contributed by atoms with Gasteiger partial charge >= 0.3 is 6.18 Å². The number of rotatable bonds is 1.